The van der Waals surface area contributed by atoms with Crippen LogP contribution in [0.4, 0.5) is 8.78 Å². The van der Waals surface area contributed by atoms with E-state index >= 15 is 0 Å². The molecule has 0 heterocycles. The standard InChI is InChI=1S/C8H7BrF2O2S/c1-6-2-4-7(5-3-6)14(12,13)8(9,10)11/h2-5H,1H3. The Morgan fingerprint density at radius 2 is 1.64 bits per heavy atom. The van der Waals surface area contributed by atoms with Crippen LogP contribution in [0.5, 0.6) is 0 Å². The smallest absolute Gasteiger partial charge is 0.216 e. The molecule has 0 N–H and O–H groups in total. The molecule has 0 atom stereocenters. The lowest BCUT2D eigenvalue weighted by Gasteiger charge is -2.09. The Labute approximate surface area is 89.0 Å². The summed E-state index contributed by atoms with van der Waals surface area (Å²) in [6.45, 7) is 1.74. The molecule has 1 rings (SSSR count). The minimum Gasteiger partial charge on any atom is -0.216 e. The molecule has 0 bridgehead atoms. The minimum atomic E-state index is -4.61. The number of aryl methyl sites for hydroxylation is 1. The summed E-state index contributed by atoms with van der Waals surface area (Å²) < 4.78 is 43.6. The van der Waals surface area contributed by atoms with E-state index < -0.39 is 18.9 Å². The van der Waals surface area contributed by atoms with Crippen LogP contribution in [-0.2, 0) is 9.84 Å². The average Bonchev–Trinajstić information content (AvgIpc) is 2.03. The quantitative estimate of drug-likeness (QED) is 0.783. The number of sulfone groups is 1. The molecule has 0 aromatic heterocycles. The fourth-order valence-electron chi connectivity index (χ4n) is 0.851. The van der Waals surface area contributed by atoms with Gasteiger partial charge in [-0.1, -0.05) is 17.7 Å². The van der Waals surface area contributed by atoms with E-state index in [0.29, 0.717) is 0 Å². The van der Waals surface area contributed by atoms with Crippen LogP contribution in [-0.4, -0.2) is 12.6 Å². The lowest BCUT2D eigenvalue weighted by molar-refractivity contribution is 0.204. The first-order chi connectivity index (χ1) is 6.25. The van der Waals surface area contributed by atoms with Gasteiger partial charge in [-0.15, -0.1) is 0 Å². The normalized spacial score (nSPS) is 12.9. The highest BCUT2D eigenvalue weighted by Gasteiger charge is 2.43. The van der Waals surface area contributed by atoms with Crippen molar-refractivity contribution < 1.29 is 17.2 Å². The molecule has 0 saturated carbocycles. The zero-order chi connectivity index (χ0) is 11.0. The van der Waals surface area contributed by atoms with E-state index in [-0.39, 0.29) is 0 Å². The molecule has 0 aliphatic carbocycles. The minimum absolute atomic E-state index is 0.398. The highest BCUT2D eigenvalue weighted by atomic mass is 79.9. The molecule has 0 unspecified atom stereocenters. The van der Waals surface area contributed by atoms with Gasteiger partial charge in [0.25, 0.3) is 9.84 Å². The van der Waals surface area contributed by atoms with Crippen LogP contribution >= 0.6 is 15.9 Å². The zero-order valence-corrected chi connectivity index (χ0v) is 9.57. The van der Waals surface area contributed by atoms with E-state index in [1.54, 1.807) is 6.92 Å². The van der Waals surface area contributed by atoms with Crippen molar-refractivity contribution in [1.29, 1.82) is 0 Å². The van der Waals surface area contributed by atoms with Crippen molar-refractivity contribution in [1.82, 2.24) is 0 Å². The molecule has 6 heteroatoms. The maximum absolute atomic E-state index is 12.6. The van der Waals surface area contributed by atoms with Gasteiger partial charge < -0.3 is 0 Å². The van der Waals surface area contributed by atoms with Gasteiger partial charge in [0.1, 0.15) is 0 Å². The van der Waals surface area contributed by atoms with Gasteiger partial charge in [0.15, 0.2) is 0 Å². The summed E-state index contributed by atoms with van der Waals surface area (Å²) in [5.41, 5.74) is 0.807. The van der Waals surface area contributed by atoms with Crippen LogP contribution in [0.15, 0.2) is 29.2 Å². The van der Waals surface area contributed by atoms with Gasteiger partial charge in [-0.2, -0.15) is 8.78 Å². The van der Waals surface area contributed by atoms with Crippen molar-refractivity contribution >= 4 is 25.8 Å². The van der Waals surface area contributed by atoms with E-state index in [2.05, 4.69) is 0 Å². The second-order valence-corrected chi connectivity index (χ2v) is 6.27. The summed E-state index contributed by atoms with van der Waals surface area (Å²) in [7, 11) is -4.61. The molecule has 78 valence electrons. The largest absolute Gasteiger partial charge is 0.404 e. The SMILES string of the molecule is Cc1ccc(S(=O)(=O)C(F)(F)Br)cc1. The first-order valence-corrected chi connectivity index (χ1v) is 5.91. The maximum Gasteiger partial charge on any atom is 0.404 e. The monoisotopic (exact) mass is 284 g/mol. The summed E-state index contributed by atoms with van der Waals surface area (Å²) >= 11 is 1.83. The summed E-state index contributed by atoms with van der Waals surface area (Å²) in [5, 5.41) is 0. The molecule has 0 spiro atoms. The summed E-state index contributed by atoms with van der Waals surface area (Å²) in [6, 6.07) is 5.23. The van der Waals surface area contributed by atoms with Crippen molar-refractivity contribution in [3.63, 3.8) is 0 Å². The third-order valence-electron chi connectivity index (χ3n) is 1.64. The van der Waals surface area contributed by atoms with E-state index in [4.69, 9.17) is 0 Å². The number of alkyl halides is 3. The number of hydrogen-bond donors (Lipinski definition) is 0. The van der Waals surface area contributed by atoms with Crippen LogP contribution in [0.25, 0.3) is 0 Å². The zero-order valence-electron chi connectivity index (χ0n) is 7.17. The third-order valence-corrected chi connectivity index (χ3v) is 4.42. The van der Waals surface area contributed by atoms with Gasteiger partial charge in [-0.25, -0.2) is 8.42 Å². The van der Waals surface area contributed by atoms with Gasteiger partial charge in [-0.3, -0.25) is 0 Å². The van der Waals surface area contributed by atoms with Gasteiger partial charge in [-0.05, 0) is 19.1 Å². The predicted molar refractivity (Wildman–Crippen MR) is 52.2 cm³/mol. The highest BCUT2D eigenvalue weighted by Crippen LogP contribution is 2.34. The van der Waals surface area contributed by atoms with Gasteiger partial charge >= 0.3 is 4.16 Å². The number of halogens is 3. The Bertz CT molecular complexity index is 420. The maximum atomic E-state index is 12.6. The topological polar surface area (TPSA) is 34.1 Å². The van der Waals surface area contributed by atoms with Crippen LogP contribution < -0.4 is 0 Å². The van der Waals surface area contributed by atoms with Crippen LogP contribution in [0.1, 0.15) is 5.56 Å². The van der Waals surface area contributed by atoms with Gasteiger partial charge in [0, 0.05) is 15.9 Å². The molecule has 1 aromatic rings. The lowest BCUT2D eigenvalue weighted by atomic mass is 10.2. The summed E-state index contributed by atoms with van der Waals surface area (Å²) in [5.74, 6) is 0. The molecule has 1 aromatic carbocycles. The average molecular weight is 285 g/mol. The number of hydrogen-bond acceptors (Lipinski definition) is 2. The van der Waals surface area contributed by atoms with E-state index in [1.165, 1.54) is 12.1 Å². The fourth-order valence-corrected chi connectivity index (χ4v) is 2.17. The molecule has 0 amide bonds. The van der Waals surface area contributed by atoms with Crippen molar-refractivity contribution in [3.8, 4) is 0 Å². The van der Waals surface area contributed by atoms with E-state index in [1.807, 2.05) is 15.9 Å². The van der Waals surface area contributed by atoms with E-state index in [0.717, 1.165) is 17.7 Å². The molecule has 0 aliphatic rings. The second-order valence-electron chi connectivity index (χ2n) is 2.76. The Kier molecular flexibility index (Phi) is 2.96. The van der Waals surface area contributed by atoms with Crippen molar-refractivity contribution in [3.05, 3.63) is 29.8 Å². The molecule has 2 nitrogen and oxygen atoms in total. The Morgan fingerprint density at radius 1 is 1.21 bits per heavy atom. The predicted octanol–water partition coefficient (Wildman–Crippen LogP) is 2.71. The van der Waals surface area contributed by atoms with Crippen LogP contribution in [0, 0.1) is 6.92 Å². The summed E-state index contributed by atoms with van der Waals surface area (Å²) in [6.07, 6.45) is 0. The Balaban J connectivity index is 3.25. The summed E-state index contributed by atoms with van der Waals surface area (Å²) in [4.78, 5) is -0.398. The number of benzene rings is 1. The van der Waals surface area contributed by atoms with Crippen molar-refractivity contribution in [2.24, 2.45) is 0 Å². The third kappa shape index (κ3) is 2.12. The molecule has 0 fully saturated rings. The molecular formula is C8H7BrF2O2S. The molecule has 0 radical (unpaired) electrons. The fraction of sp³-hybridized carbons (Fsp3) is 0.250. The lowest BCUT2D eigenvalue weighted by Crippen LogP contribution is -2.21. The van der Waals surface area contributed by atoms with Crippen LogP contribution in [0.3, 0.4) is 0 Å². The van der Waals surface area contributed by atoms with Crippen LogP contribution in [0.2, 0.25) is 0 Å². The van der Waals surface area contributed by atoms with Crippen molar-refractivity contribution in [2.45, 2.75) is 16.0 Å². The Hall–Kier alpha value is -0.490. The van der Waals surface area contributed by atoms with Gasteiger partial charge in [0.2, 0.25) is 0 Å². The molecule has 0 aliphatic heterocycles. The Morgan fingerprint density at radius 3 is 2.00 bits per heavy atom. The molecule has 14 heavy (non-hydrogen) atoms. The first kappa shape index (κ1) is 11.6. The second kappa shape index (κ2) is 3.58. The molecular weight excluding hydrogens is 278 g/mol. The molecule has 0 saturated heterocycles. The van der Waals surface area contributed by atoms with Crippen molar-refractivity contribution in [2.75, 3.05) is 0 Å². The van der Waals surface area contributed by atoms with Gasteiger partial charge in [0.05, 0.1) is 4.90 Å². The number of rotatable bonds is 2. The van der Waals surface area contributed by atoms with E-state index in [9.17, 15) is 17.2 Å². The first-order valence-electron chi connectivity index (χ1n) is 3.63. The highest BCUT2D eigenvalue weighted by molar-refractivity contribution is 9.11.